The Hall–Kier alpha value is -2.37. The van der Waals surface area contributed by atoms with Gasteiger partial charge in [0.2, 0.25) is 5.91 Å². The summed E-state index contributed by atoms with van der Waals surface area (Å²) in [6.07, 6.45) is 3.70. The maximum Gasteiger partial charge on any atom is 0.227 e. The molecule has 0 aromatic heterocycles. The first kappa shape index (κ1) is 19.0. The molecule has 0 spiro atoms. The molecule has 1 unspecified atom stereocenters. The van der Waals surface area contributed by atoms with E-state index in [0.717, 1.165) is 42.9 Å². The second-order valence-electron chi connectivity index (χ2n) is 7.72. The number of amides is 1. The Labute approximate surface area is 167 Å². The number of anilines is 1. The number of hydrogen-bond acceptors (Lipinski definition) is 4. The Morgan fingerprint density at radius 1 is 1.21 bits per heavy atom. The molecule has 2 aliphatic rings. The third-order valence-corrected chi connectivity index (χ3v) is 6.00. The number of carbonyl (C=O) groups is 1. The third-order valence-electron chi connectivity index (χ3n) is 6.00. The number of aryl methyl sites for hydroxylation is 1. The molecule has 1 fully saturated rings. The van der Waals surface area contributed by atoms with Crippen molar-refractivity contribution in [3.63, 3.8) is 0 Å². The van der Waals surface area contributed by atoms with Crippen LogP contribution in [-0.4, -0.2) is 32.7 Å². The fourth-order valence-electron chi connectivity index (χ4n) is 4.41. The SMILES string of the molecule is COc1cc2c(cc1CNC1CCCN[C@H]1c1ccccc1)CCC(=O)N2C. The van der Waals surface area contributed by atoms with E-state index in [-0.39, 0.29) is 5.91 Å². The van der Waals surface area contributed by atoms with Crippen LogP contribution in [0.25, 0.3) is 0 Å². The van der Waals surface area contributed by atoms with E-state index in [1.54, 1.807) is 12.0 Å². The molecular formula is C23H29N3O2. The summed E-state index contributed by atoms with van der Waals surface area (Å²) in [6.45, 7) is 1.81. The molecule has 2 heterocycles. The number of carbonyl (C=O) groups excluding carboxylic acids is 1. The predicted octanol–water partition coefficient (Wildman–Crippen LogP) is 3.19. The van der Waals surface area contributed by atoms with E-state index in [9.17, 15) is 4.79 Å². The fraction of sp³-hybridized carbons (Fsp3) is 0.435. The maximum absolute atomic E-state index is 12.0. The van der Waals surface area contributed by atoms with Crippen molar-refractivity contribution >= 4 is 11.6 Å². The first-order valence-corrected chi connectivity index (χ1v) is 10.2. The summed E-state index contributed by atoms with van der Waals surface area (Å²) >= 11 is 0. The molecule has 0 bridgehead atoms. The van der Waals surface area contributed by atoms with Gasteiger partial charge in [-0.2, -0.15) is 0 Å². The molecule has 1 amide bonds. The Kier molecular flexibility index (Phi) is 5.64. The third kappa shape index (κ3) is 3.77. The van der Waals surface area contributed by atoms with Crippen LogP contribution in [0.2, 0.25) is 0 Å². The standard InChI is InChI=1S/C23H29N3O2/c1-26-20-14-21(28-2)18(13-17(20)10-11-22(26)27)15-25-19-9-6-12-24-23(19)16-7-4-3-5-8-16/h3-5,7-8,13-14,19,23-25H,6,9-12,15H2,1-2H3/t19?,23-/m0/s1. The van der Waals surface area contributed by atoms with Crippen LogP contribution in [0.3, 0.4) is 0 Å². The second-order valence-corrected chi connectivity index (χ2v) is 7.72. The van der Waals surface area contributed by atoms with Crippen LogP contribution in [-0.2, 0) is 17.8 Å². The Morgan fingerprint density at radius 2 is 2.04 bits per heavy atom. The van der Waals surface area contributed by atoms with Gasteiger partial charge in [0.1, 0.15) is 5.75 Å². The summed E-state index contributed by atoms with van der Waals surface area (Å²) in [5.74, 6) is 1.01. The van der Waals surface area contributed by atoms with Gasteiger partial charge < -0.3 is 20.3 Å². The molecule has 0 saturated carbocycles. The number of nitrogens with zero attached hydrogens (tertiary/aromatic N) is 1. The summed E-state index contributed by atoms with van der Waals surface area (Å²) in [5, 5.41) is 7.44. The molecular weight excluding hydrogens is 350 g/mol. The zero-order valence-corrected chi connectivity index (χ0v) is 16.7. The molecule has 2 aromatic carbocycles. The van der Waals surface area contributed by atoms with Crippen LogP contribution in [0.4, 0.5) is 5.69 Å². The van der Waals surface area contributed by atoms with Crippen LogP contribution in [0.1, 0.15) is 42.0 Å². The van der Waals surface area contributed by atoms with Gasteiger partial charge in [0.25, 0.3) is 0 Å². The number of hydrogen-bond donors (Lipinski definition) is 2. The molecule has 2 atom stereocenters. The highest BCUT2D eigenvalue weighted by Gasteiger charge is 2.27. The number of methoxy groups -OCH3 is 1. The molecule has 1 saturated heterocycles. The number of nitrogens with one attached hydrogen (secondary N) is 2. The summed E-state index contributed by atoms with van der Waals surface area (Å²) < 4.78 is 5.65. The Morgan fingerprint density at radius 3 is 2.82 bits per heavy atom. The van der Waals surface area contributed by atoms with Crippen molar-refractivity contribution in [1.82, 2.24) is 10.6 Å². The van der Waals surface area contributed by atoms with Crippen molar-refractivity contribution in [3.8, 4) is 5.75 Å². The van der Waals surface area contributed by atoms with Gasteiger partial charge in [0.15, 0.2) is 0 Å². The van der Waals surface area contributed by atoms with E-state index in [1.165, 1.54) is 17.5 Å². The monoisotopic (exact) mass is 379 g/mol. The van der Waals surface area contributed by atoms with Crippen molar-refractivity contribution in [2.45, 2.75) is 44.3 Å². The van der Waals surface area contributed by atoms with Crippen molar-refractivity contribution in [3.05, 3.63) is 59.2 Å². The van der Waals surface area contributed by atoms with E-state index in [1.807, 2.05) is 13.1 Å². The molecule has 148 valence electrons. The van der Waals surface area contributed by atoms with Crippen molar-refractivity contribution in [1.29, 1.82) is 0 Å². The van der Waals surface area contributed by atoms with Gasteiger partial charge >= 0.3 is 0 Å². The van der Waals surface area contributed by atoms with E-state index in [0.29, 0.717) is 18.5 Å². The lowest BCUT2D eigenvalue weighted by atomic mass is 9.92. The van der Waals surface area contributed by atoms with Gasteiger partial charge in [-0.15, -0.1) is 0 Å². The van der Waals surface area contributed by atoms with Gasteiger partial charge in [-0.1, -0.05) is 30.3 Å². The molecule has 2 aromatic rings. The van der Waals surface area contributed by atoms with Gasteiger partial charge in [-0.3, -0.25) is 4.79 Å². The number of rotatable bonds is 5. The smallest absolute Gasteiger partial charge is 0.227 e. The van der Waals surface area contributed by atoms with Crippen LogP contribution < -0.4 is 20.3 Å². The summed E-state index contributed by atoms with van der Waals surface area (Å²) in [6, 6.07) is 15.6. The first-order valence-electron chi connectivity index (χ1n) is 10.2. The summed E-state index contributed by atoms with van der Waals surface area (Å²) in [4.78, 5) is 13.8. The van der Waals surface area contributed by atoms with Gasteiger partial charge in [-0.25, -0.2) is 0 Å². The predicted molar refractivity (Wildman–Crippen MR) is 112 cm³/mol. The summed E-state index contributed by atoms with van der Waals surface area (Å²) in [5.41, 5.74) is 4.68. The van der Waals surface area contributed by atoms with Gasteiger partial charge in [0, 0.05) is 43.7 Å². The number of ether oxygens (including phenoxy) is 1. The zero-order valence-electron chi connectivity index (χ0n) is 16.7. The molecule has 5 nitrogen and oxygen atoms in total. The average Bonchev–Trinajstić information content (AvgIpc) is 2.75. The zero-order chi connectivity index (χ0) is 19.5. The van der Waals surface area contributed by atoms with Crippen molar-refractivity contribution in [2.24, 2.45) is 0 Å². The molecule has 0 aliphatic carbocycles. The highest BCUT2D eigenvalue weighted by Crippen LogP contribution is 2.34. The topological polar surface area (TPSA) is 53.6 Å². The molecule has 2 aliphatic heterocycles. The van der Waals surface area contributed by atoms with Gasteiger partial charge in [0.05, 0.1) is 12.8 Å². The lowest BCUT2D eigenvalue weighted by molar-refractivity contribution is -0.118. The van der Waals surface area contributed by atoms with Gasteiger partial charge in [-0.05, 0) is 43.0 Å². The van der Waals surface area contributed by atoms with E-state index < -0.39 is 0 Å². The Bertz CT molecular complexity index is 837. The normalized spacial score (nSPS) is 22.1. The highest BCUT2D eigenvalue weighted by atomic mass is 16.5. The van der Waals surface area contributed by atoms with Crippen molar-refractivity contribution < 1.29 is 9.53 Å². The lowest BCUT2D eigenvalue weighted by Crippen LogP contribution is -2.45. The molecule has 5 heteroatoms. The largest absolute Gasteiger partial charge is 0.496 e. The molecule has 0 radical (unpaired) electrons. The van der Waals surface area contributed by atoms with Crippen LogP contribution >= 0.6 is 0 Å². The lowest BCUT2D eigenvalue weighted by Gasteiger charge is -2.34. The molecule has 28 heavy (non-hydrogen) atoms. The number of fused-ring (bicyclic) bond motifs is 1. The minimum absolute atomic E-state index is 0.166. The van der Waals surface area contributed by atoms with E-state index in [4.69, 9.17) is 4.74 Å². The minimum Gasteiger partial charge on any atom is -0.496 e. The van der Waals surface area contributed by atoms with Crippen LogP contribution in [0.15, 0.2) is 42.5 Å². The maximum atomic E-state index is 12.0. The number of piperidine rings is 1. The quantitative estimate of drug-likeness (QED) is 0.838. The molecule has 4 rings (SSSR count). The average molecular weight is 380 g/mol. The van der Waals surface area contributed by atoms with Crippen LogP contribution in [0.5, 0.6) is 5.75 Å². The van der Waals surface area contributed by atoms with E-state index in [2.05, 4.69) is 47.0 Å². The first-order chi connectivity index (χ1) is 13.7. The fourth-order valence-corrected chi connectivity index (χ4v) is 4.41. The second kappa shape index (κ2) is 8.33. The highest BCUT2D eigenvalue weighted by molar-refractivity contribution is 5.96. The number of benzene rings is 2. The summed E-state index contributed by atoms with van der Waals surface area (Å²) in [7, 11) is 3.54. The minimum atomic E-state index is 0.166. The van der Waals surface area contributed by atoms with Crippen molar-refractivity contribution in [2.75, 3.05) is 25.6 Å². The van der Waals surface area contributed by atoms with E-state index >= 15 is 0 Å². The van der Waals surface area contributed by atoms with Crippen LogP contribution in [0, 0.1) is 0 Å². The Balaban J connectivity index is 1.53. The molecule has 2 N–H and O–H groups in total.